The minimum Gasteiger partial charge on any atom is -0.497 e. The zero-order valence-electron chi connectivity index (χ0n) is 19.2. The van der Waals surface area contributed by atoms with Crippen LogP contribution < -0.4 is 9.47 Å². The molecule has 176 valence electrons. The summed E-state index contributed by atoms with van der Waals surface area (Å²) in [7, 11) is 1.61. The average molecular weight is 469 g/mol. The Morgan fingerprint density at radius 3 is 2.74 bits per heavy atom. The maximum atomic E-state index is 13.3. The van der Waals surface area contributed by atoms with Crippen LogP contribution in [-0.2, 0) is 0 Å². The van der Waals surface area contributed by atoms with Gasteiger partial charge in [-0.25, -0.2) is 15.0 Å². The lowest BCUT2D eigenvalue weighted by molar-refractivity contribution is 0.0705. The molecule has 0 unspecified atom stereocenters. The van der Waals surface area contributed by atoms with E-state index in [-0.39, 0.29) is 11.8 Å². The maximum Gasteiger partial charge on any atom is 0.254 e. The second-order valence-electron chi connectivity index (χ2n) is 8.21. The number of nitrogens with zero attached hydrogens (tertiary/aromatic N) is 6. The number of ether oxygens (including phenoxy) is 2. The highest BCUT2D eigenvalue weighted by Gasteiger charge is 2.27. The van der Waals surface area contributed by atoms with Crippen molar-refractivity contribution in [3.8, 4) is 28.6 Å². The molecule has 0 saturated carbocycles. The number of carbonyl (C=O) groups is 1. The molecular formula is C26H24N6O3. The van der Waals surface area contributed by atoms with Crippen LogP contribution in [0, 0.1) is 0 Å². The number of hydrogen-bond donors (Lipinski definition) is 0. The monoisotopic (exact) mass is 468 g/mol. The predicted molar refractivity (Wildman–Crippen MR) is 128 cm³/mol. The minimum atomic E-state index is -0.0352. The van der Waals surface area contributed by atoms with E-state index in [0.717, 1.165) is 24.1 Å². The minimum absolute atomic E-state index is 0.0352. The quantitative estimate of drug-likeness (QED) is 0.416. The molecule has 0 N–H and O–H groups in total. The van der Waals surface area contributed by atoms with Crippen molar-refractivity contribution in [2.75, 3.05) is 20.2 Å². The molecule has 4 aromatic rings. The van der Waals surface area contributed by atoms with Gasteiger partial charge in [0.1, 0.15) is 17.8 Å². The Bertz CT molecular complexity index is 1320. The fourth-order valence-electron chi connectivity index (χ4n) is 4.13. The molecule has 1 saturated heterocycles. The smallest absolute Gasteiger partial charge is 0.254 e. The standard InChI is InChI=1S/C26H24N6O3/c1-34-21-5-2-6-22(11-21)35-25-15-27-14-24(31-25)19-4-3-9-32(16-19)26(33)18-7-8-30-23(10-18)20-12-28-17-29-13-20/h2,5-8,10-15,17,19H,3-4,9,16H2,1H3/t19-/m1/s1. The van der Waals surface area contributed by atoms with Gasteiger partial charge < -0.3 is 14.4 Å². The van der Waals surface area contributed by atoms with Crippen LogP contribution in [0.5, 0.6) is 17.4 Å². The Labute approximate surface area is 202 Å². The molecule has 1 amide bonds. The SMILES string of the molecule is COc1cccc(Oc2cncc([C@@H]3CCCN(C(=O)c4ccnc(-c5cncnc5)c4)C3)n2)c1. The van der Waals surface area contributed by atoms with E-state index in [9.17, 15) is 4.79 Å². The molecule has 35 heavy (non-hydrogen) atoms. The molecule has 1 aliphatic heterocycles. The second kappa shape index (κ2) is 10.3. The second-order valence-corrected chi connectivity index (χ2v) is 8.21. The van der Waals surface area contributed by atoms with Gasteiger partial charge in [-0.3, -0.25) is 14.8 Å². The van der Waals surface area contributed by atoms with Crippen molar-refractivity contribution in [3.63, 3.8) is 0 Å². The number of rotatable bonds is 6. The zero-order valence-corrected chi connectivity index (χ0v) is 19.2. The number of amides is 1. The number of carbonyl (C=O) groups excluding carboxylic acids is 1. The van der Waals surface area contributed by atoms with Crippen molar-refractivity contribution in [2.24, 2.45) is 0 Å². The highest BCUT2D eigenvalue weighted by atomic mass is 16.5. The van der Waals surface area contributed by atoms with Crippen LogP contribution in [0.25, 0.3) is 11.3 Å². The molecule has 1 aromatic carbocycles. The van der Waals surface area contributed by atoms with Crippen LogP contribution in [0.15, 0.2) is 73.7 Å². The average Bonchev–Trinajstić information content (AvgIpc) is 2.93. The lowest BCUT2D eigenvalue weighted by Gasteiger charge is -2.32. The van der Waals surface area contributed by atoms with E-state index in [2.05, 4.69) is 24.9 Å². The summed E-state index contributed by atoms with van der Waals surface area (Å²) in [6.45, 7) is 1.25. The topological polar surface area (TPSA) is 103 Å². The van der Waals surface area contributed by atoms with Gasteiger partial charge in [-0.1, -0.05) is 6.07 Å². The lowest BCUT2D eigenvalue weighted by Crippen LogP contribution is -2.39. The Hall–Kier alpha value is -4.40. The molecular weight excluding hydrogens is 444 g/mol. The van der Waals surface area contributed by atoms with E-state index in [4.69, 9.17) is 9.47 Å². The van der Waals surface area contributed by atoms with Gasteiger partial charge in [-0.2, -0.15) is 0 Å². The van der Waals surface area contributed by atoms with Crippen molar-refractivity contribution < 1.29 is 14.3 Å². The van der Waals surface area contributed by atoms with Crippen molar-refractivity contribution in [1.82, 2.24) is 29.8 Å². The summed E-state index contributed by atoms with van der Waals surface area (Å²) >= 11 is 0. The first kappa shape index (κ1) is 22.4. The van der Waals surface area contributed by atoms with Gasteiger partial charge in [0.05, 0.1) is 24.7 Å². The van der Waals surface area contributed by atoms with Gasteiger partial charge in [0, 0.05) is 61.0 Å². The number of piperidine rings is 1. The van der Waals surface area contributed by atoms with Crippen LogP contribution in [0.1, 0.15) is 34.8 Å². The summed E-state index contributed by atoms with van der Waals surface area (Å²) in [5, 5.41) is 0. The van der Waals surface area contributed by atoms with Gasteiger partial charge in [0.2, 0.25) is 5.88 Å². The van der Waals surface area contributed by atoms with Gasteiger partial charge >= 0.3 is 0 Å². The fraction of sp³-hybridized carbons (Fsp3) is 0.231. The van der Waals surface area contributed by atoms with E-state index in [1.807, 2.05) is 23.1 Å². The highest BCUT2D eigenvalue weighted by molar-refractivity contribution is 5.95. The van der Waals surface area contributed by atoms with Gasteiger partial charge in [-0.15, -0.1) is 0 Å². The number of hydrogen-bond acceptors (Lipinski definition) is 8. The predicted octanol–water partition coefficient (Wildman–Crippen LogP) is 4.15. The van der Waals surface area contributed by atoms with Crippen molar-refractivity contribution in [2.45, 2.75) is 18.8 Å². The van der Waals surface area contributed by atoms with E-state index in [1.165, 1.54) is 6.33 Å². The molecule has 0 spiro atoms. The summed E-state index contributed by atoms with van der Waals surface area (Å²) in [6.07, 6.45) is 11.6. The number of likely N-dealkylation sites (tertiary alicyclic amines) is 1. The first-order valence-corrected chi connectivity index (χ1v) is 11.3. The number of aromatic nitrogens is 5. The molecule has 0 radical (unpaired) electrons. The largest absolute Gasteiger partial charge is 0.497 e. The van der Waals surface area contributed by atoms with Crippen molar-refractivity contribution in [3.05, 3.63) is 85.0 Å². The number of methoxy groups -OCH3 is 1. The summed E-state index contributed by atoms with van der Waals surface area (Å²) in [4.78, 5) is 36.6. The van der Waals surface area contributed by atoms with Crippen LogP contribution >= 0.6 is 0 Å². The molecule has 1 fully saturated rings. The summed E-state index contributed by atoms with van der Waals surface area (Å²) in [5.74, 6) is 1.76. The third kappa shape index (κ3) is 5.24. The molecule has 9 heteroatoms. The molecule has 1 atom stereocenters. The van der Waals surface area contributed by atoms with Crippen molar-refractivity contribution >= 4 is 5.91 Å². The fourth-order valence-corrected chi connectivity index (χ4v) is 4.13. The van der Waals surface area contributed by atoms with Gasteiger partial charge in [0.15, 0.2) is 0 Å². The summed E-state index contributed by atoms with van der Waals surface area (Å²) in [6, 6.07) is 10.9. The van der Waals surface area contributed by atoms with Crippen LogP contribution in [0.4, 0.5) is 0 Å². The summed E-state index contributed by atoms with van der Waals surface area (Å²) in [5.41, 5.74) is 2.82. The Balaban J connectivity index is 1.30. The third-order valence-corrected chi connectivity index (χ3v) is 5.88. The molecule has 0 aliphatic carbocycles. The molecule has 0 bridgehead atoms. The van der Waals surface area contributed by atoms with E-state index >= 15 is 0 Å². The molecule has 9 nitrogen and oxygen atoms in total. The van der Waals surface area contributed by atoms with Crippen LogP contribution in [-0.4, -0.2) is 55.9 Å². The van der Waals surface area contributed by atoms with Gasteiger partial charge in [0.25, 0.3) is 5.91 Å². The molecule has 1 aliphatic rings. The van der Waals surface area contributed by atoms with Crippen molar-refractivity contribution in [1.29, 1.82) is 0 Å². The number of benzene rings is 1. The zero-order chi connectivity index (χ0) is 24.0. The lowest BCUT2D eigenvalue weighted by atomic mass is 9.94. The molecule has 5 rings (SSSR count). The van der Waals surface area contributed by atoms with Crippen LogP contribution in [0.3, 0.4) is 0 Å². The maximum absolute atomic E-state index is 13.3. The molecule has 4 heterocycles. The van der Waals surface area contributed by atoms with E-state index < -0.39 is 0 Å². The third-order valence-electron chi connectivity index (χ3n) is 5.88. The van der Waals surface area contributed by atoms with Gasteiger partial charge in [-0.05, 0) is 37.1 Å². The number of pyridine rings is 1. The first-order chi connectivity index (χ1) is 17.2. The summed E-state index contributed by atoms with van der Waals surface area (Å²) < 4.78 is 11.2. The highest BCUT2D eigenvalue weighted by Crippen LogP contribution is 2.29. The van der Waals surface area contributed by atoms with Crippen LogP contribution in [0.2, 0.25) is 0 Å². The Morgan fingerprint density at radius 1 is 1.03 bits per heavy atom. The normalized spacial score (nSPS) is 15.5. The van der Waals surface area contributed by atoms with E-state index in [0.29, 0.717) is 41.7 Å². The van der Waals surface area contributed by atoms with E-state index in [1.54, 1.807) is 56.3 Å². The first-order valence-electron chi connectivity index (χ1n) is 11.3. The Morgan fingerprint density at radius 2 is 1.89 bits per heavy atom. The molecule has 3 aromatic heterocycles. The Kier molecular flexibility index (Phi) is 6.56.